The van der Waals surface area contributed by atoms with Crippen molar-refractivity contribution in [3.63, 3.8) is 0 Å². The van der Waals surface area contributed by atoms with E-state index < -0.39 is 12.3 Å². The van der Waals surface area contributed by atoms with Crippen LogP contribution < -0.4 is 0 Å². The molecule has 0 heterocycles. The van der Waals surface area contributed by atoms with Gasteiger partial charge in [0.05, 0.1) is 12.5 Å². The first-order chi connectivity index (χ1) is 14.0. The number of carbonyl (C=O) groups excluding carboxylic acids is 1. The van der Waals surface area contributed by atoms with Crippen LogP contribution in [0.3, 0.4) is 0 Å². The minimum Gasteiger partial charge on any atom is -0.356 e. The van der Waals surface area contributed by atoms with Crippen LogP contribution in [0.1, 0.15) is 84.0 Å². The highest BCUT2D eigenvalue weighted by atomic mass is 16.7. The number of nitriles is 1. The third kappa shape index (κ3) is 13.9. The van der Waals surface area contributed by atoms with Gasteiger partial charge in [0.2, 0.25) is 6.04 Å². The number of carbonyl (C=O) groups is 1. The third-order valence-corrected chi connectivity index (χ3v) is 5.16. The van der Waals surface area contributed by atoms with Gasteiger partial charge in [-0.15, -0.1) is 0 Å². The Morgan fingerprint density at radius 1 is 1.14 bits per heavy atom. The molecule has 0 N–H and O–H groups in total. The van der Waals surface area contributed by atoms with E-state index in [4.69, 9.17) is 14.7 Å². The number of hydrogen-bond acceptors (Lipinski definition) is 6. The van der Waals surface area contributed by atoms with Gasteiger partial charge in [-0.3, -0.25) is 14.9 Å². The largest absolute Gasteiger partial charge is 0.356 e. The molecule has 2 unspecified atom stereocenters. The maximum absolute atomic E-state index is 11.9. The number of methoxy groups -OCH3 is 2. The highest BCUT2D eigenvalue weighted by Crippen LogP contribution is 2.25. The zero-order chi connectivity index (χ0) is 21.9. The molecule has 0 rings (SSSR count). The van der Waals surface area contributed by atoms with Crippen molar-refractivity contribution >= 4 is 5.78 Å². The Hall–Kier alpha value is -1.78. The number of ketones is 1. The van der Waals surface area contributed by atoms with Crippen LogP contribution in [0.25, 0.3) is 0 Å². The van der Waals surface area contributed by atoms with Crippen molar-refractivity contribution in [2.75, 3.05) is 14.2 Å². The summed E-state index contributed by atoms with van der Waals surface area (Å²) in [5, 5.41) is 20.3. The summed E-state index contributed by atoms with van der Waals surface area (Å²) in [6.45, 7) is 2.09. The zero-order valence-corrected chi connectivity index (χ0v) is 18.3. The highest BCUT2D eigenvalue weighted by molar-refractivity contribution is 5.89. The van der Waals surface area contributed by atoms with Gasteiger partial charge in [-0.05, 0) is 31.8 Å². The lowest BCUT2D eigenvalue weighted by molar-refractivity contribution is -0.537. The first kappa shape index (κ1) is 27.2. The Balaban J connectivity index is 4.89. The van der Waals surface area contributed by atoms with Gasteiger partial charge in [0, 0.05) is 37.9 Å². The molecule has 0 aromatic heterocycles. The number of hydrogen-bond donors (Lipinski definition) is 0. The van der Waals surface area contributed by atoms with Crippen molar-refractivity contribution < 1.29 is 19.2 Å². The summed E-state index contributed by atoms with van der Waals surface area (Å²) in [5.41, 5.74) is 0. The van der Waals surface area contributed by atoms with Gasteiger partial charge in [0.15, 0.2) is 12.1 Å². The number of nitrogens with zero attached hydrogens (tertiary/aromatic N) is 2. The van der Waals surface area contributed by atoms with E-state index in [0.29, 0.717) is 25.7 Å². The zero-order valence-electron chi connectivity index (χ0n) is 18.3. The quantitative estimate of drug-likeness (QED) is 0.0951. The molecule has 7 heteroatoms. The normalized spacial score (nSPS) is 13.5. The molecule has 0 spiro atoms. The lowest BCUT2D eigenvalue weighted by atomic mass is 9.88. The molecule has 0 aliphatic carbocycles. The molecule has 0 fully saturated rings. The average molecular weight is 411 g/mol. The molecular weight excluding hydrogens is 372 g/mol. The van der Waals surface area contributed by atoms with Crippen LogP contribution in [0.4, 0.5) is 0 Å². The monoisotopic (exact) mass is 410 g/mol. The van der Waals surface area contributed by atoms with Crippen molar-refractivity contribution in [3.8, 4) is 6.07 Å². The van der Waals surface area contributed by atoms with Crippen molar-refractivity contribution in [1.29, 1.82) is 5.26 Å². The Bertz CT molecular complexity index is 512. The molecular formula is C22H38N2O5. The fraction of sp³-hybridized carbons (Fsp3) is 0.818. The molecule has 0 aliphatic rings. The Labute approximate surface area is 175 Å². The van der Waals surface area contributed by atoms with Crippen LogP contribution in [-0.2, 0) is 14.3 Å². The molecule has 7 nitrogen and oxygen atoms in total. The van der Waals surface area contributed by atoms with E-state index in [2.05, 4.69) is 13.0 Å². The Morgan fingerprint density at radius 3 is 2.41 bits per heavy atom. The first-order valence-electron chi connectivity index (χ1n) is 10.7. The van der Waals surface area contributed by atoms with Gasteiger partial charge < -0.3 is 9.47 Å². The predicted molar refractivity (Wildman–Crippen MR) is 113 cm³/mol. The van der Waals surface area contributed by atoms with Gasteiger partial charge in [0.25, 0.3) is 0 Å². The van der Waals surface area contributed by atoms with E-state index in [1.54, 1.807) is 12.2 Å². The molecule has 0 aromatic carbocycles. The molecule has 2 atom stereocenters. The summed E-state index contributed by atoms with van der Waals surface area (Å²) >= 11 is 0. The standard InChI is InChI=1S/C22H38N2O5/c1-4-5-9-15-20(25)16-12-14-19(13-10-7-6-8-11-17-23)21(24(26)27)18-22(28-2)29-3/h12,16,19,21-22H,4-11,13-15,18H2,1-3H3. The SMILES string of the molecule is CCCCCC(=O)C=CCC(CCCCCCC#N)C(CC(OC)OC)[N+](=O)[O-]. The van der Waals surface area contributed by atoms with Gasteiger partial charge in [-0.2, -0.15) is 5.26 Å². The summed E-state index contributed by atoms with van der Waals surface area (Å²) in [5.74, 6) is -0.105. The number of rotatable bonds is 19. The second-order valence-electron chi connectivity index (χ2n) is 7.42. The Morgan fingerprint density at radius 2 is 1.83 bits per heavy atom. The topological polar surface area (TPSA) is 102 Å². The molecule has 0 bridgehead atoms. The average Bonchev–Trinajstić information content (AvgIpc) is 2.70. The first-order valence-corrected chi connectivity index (χ1v) is 10.7. The second-order valence-corrected chi connectivity index (χ2v) is 7.42. The van der Waals surface area contributed by atoms with E-state index in [9.17, 15) is 14.9 Å². The predicted octanol–water partition coefficient (Wildman–Crippen LogP) is 5.22. The van der Waals surface area contributed by atoms with Crippen molar-refractivity contribution in [1.82, 2.24) is 0 Å². The number of unbranched alkanes of at least 4 members (excludes halogenated alkanes) is 6. The number of ether oxygens (including phenoxy) is 2. The number of nitro groups is 1. The van der Waals surface area contributed by atoms with Crippen LogP contribution in [-0.4, -0.2) is 37.3 Å². The summed E-state index contributed by atoms with van der Waals surface area (Å²) in [4.78, 5) is 23.4. The smallest absolute Gasteiger partial charge is 0.221 e. The van der Waals surface area contributed by atoms with E-state index in [0.717, 1.165) is 44.9 Å². The van der Waals surface area contributed by atoms with Crippen molar-refractivity contribution in [2.45, 2.75) is 96.3 Å². The maximum Gasteiger partial charge on any atom is 0.221 e. The summed E-state index contributed by atoms with van der Waals surface area (Å²) in [7, 11) is 2.95. The lowest BCUT2D eigenvalue weighted by Crippen LogP contribution is -2.34. The fourth-order valence-corrected chi connectivity index (χ4v) is 3.37. The van der Waals surface area contributed by atoms with Crippen LogP contribution >= 0.6 is 0 Å². The minimum absolute atomic E-state index is 0.0815. The Kier molecular flexibility index (Phi) is 17.1. The summed E-state index contributed by atoms with van der Waals surface area (Å²) in [6, 6.07) is 1.34. The van der Waals surface area contributed by atoms with Crippen molar-refractivity contribution in [2.24, 2.45) is 5.92 Å². The molecule has 0 aromatic rings. The summed E-state index contributed by atoms with van der Waals surface area (Å²) in [6.07, 6.45) is 11.8. The molecule has 29 heavy (non-hydrogen) atoms. The van der Waals surface area contributed by atoms with Gasteiger partial charge in [-0.25, -0.2) is 0 Å². The van der Waals surface area contributed by atoms with E-state index in [1.165, 1.54) is 14.2 Å². The maximum atomic E-state index is 11.9. The van der Waals surface area contributed by atoms with Crippen LogP contribution in [0.5, 0.6) is 0 Å². The van der Waals surface area contributed by atoms with Crippen LogP contribution in [0, 0.1) is 27.4 Å². The van der Waals surface area contributed by atoms with Gasteiger partial charge >= 0.3 is 0 Å². The van der Waals surface area contributed by atoms with Gasteiger partial charge in [-0.1, -0.05) is 45.1 Å². The van der Waals surface area contributed by atoms with E-state index >= 15 is 0 Å². The molecule has 166 valence electrons. The van der Waals surface area contributed by atoms with Crippen LogP contribution in [0.2, 0.25) is 0 Å². The van der Waals surface area contributed by atoms with Crippen LogP contribution in [0.15, 0.2) is 12.2 Å². The second kappa shape index (κ2) is 18.3. The summed E-state index contributed by atoms with van der Waals surface area (Å²) < 4.78 is 10.3. The van der Waals surface area contributed by atoms with E-state index in [1.807, 2.05) is 0 Å². The third-order valence-electron chi connectivity index (χ3n) is 5.16. The number of allylic oxidation sites excluding steroid dienone is 2. The highest BCUT2D eigenvalue weighted by Gasteiger charge is 2.33. The van der Waals surface area contributed by atoms with Crippen molar-refractivity contribution in [3.05, 3.63) is 22.3 Å². The van der Waals surface area contributed by atoms with E-state index in [-0.39, 0.29) is 23.0 Å². The lowest BCUT2D eigenvalue weighted by Gasteiger charge is -2.23. The fourth-order valence-electron chi connectivity index (χ4n) is 3.37. The molecule has 0 saturated heterocycles. The molecule has 0 aliphatic heterocycles. The molecule has 0 radical (unpaired) electrons. The van der Waals surface area contributed by atoms with Gasteiger partial charge in [0.1, 0.15) is 0 Å². The molecule has 0 amide bonds. The molecule has 0 saturated carbocycles. The minimum atomic E-state index is -0.793.